The molecular weight excluding hydrogens is 312 g/mol. The monoisotopic (exact) mass is 338 g/mol. The van der Waals surface area contributed by atoms with Crippen LogP contribution in [-0.4, -0.2) is 52.8 Å². The van der Waals surface area contributed by atoms with Crippen LogP contribution < -0.4 is 0 Å². The maximum Gasteiger partial charge on any atom is 0.164 e. The summed E-state index contributed by atoms with van der Waals surface area (Å²) in [5.41, 5.74) is 0.682. The second-order valence-electron chi connectivity index (χ2n) is 7.28. The second-order valence-corrected chi connectivity index (χ2v) is 7.28. The van der Waals surface area contributed by atoms with Crippen LogP contribution in [0.15, 0.2) is 30.3 Å². The minimum absolute atomic E-state index is 0.318. The van der Waals surface area contributed by atoms with Crippen molar-refractivity contribution in [3.05, 3.63) is 35.9 Å². The zero-order chi connectivity index (χ0) is 17.5. The summed E-state index contributed by atoms with van der Waals surface area (Å²) >= 11 is 0. The van der Waals surface area contributed by atoms with Crippen LogP contribution in [0.4, 0.5) is 0 Å². The van der Waals surface area contributed by atoms with Gasteiger partial charge < -0.3 is 29.2 Å². The van der Waals surface area contributed by atoms with Crippen LogP contribution in [-0.2, 0) is 18.9 Å². The lowest BCUT2D eigenvalue weighted by Crippen LogP contribution is -2.60. The van der Waals surface area contributed by atoms with Crippen molar-refractivity contribution in [2.75, 3.05) is 6.61 Å². The molecule has 2 fully saturated rings. The highest BCUT2D eigenvalue weighted by Gasteiger charge is 2.51. The second kappa shape index (κ2) is 6.37. The standard InChI is InChI=1S/C18H26O6/c1-17(2)21-10-12(22-17)15-14(20)16(24-18(3,4)23-15)13(19)11-8-6-5-7-9-11/h5-9,12-16,19-20H,10H2,1-4H3/t12-,13+,14+,15-,16+/m1/s1. The summed E-state index contributed by atoms with van der Waals surface area (Å²) in [4.78, 5) is 0. The molecule has 5 atom stereocenters. The highest BCUT2D eigenvalue weighted by molar-refractivity contribution is 5.19. The fourth-order valence-electron chi connectivity index (χ4n) is 3.27. The number of hydrogen-bond donors (Lipinski definition) is 2. The van der Waals surface area contributed by atoms with Crippen molar-refractivity contribution in [1.82, 2.24) is 0 Å². The normalized spacial score (nSPS) is 36.4. The van der Waals surface area contributed by atoms with Gasteiger partial charge in [-0.2, -0.15) is 0 Å². The van der Waals surface area contributed by atoms with Gasteiger partial charge in [-0.3, -0.25) is 0 Å². The van der Waals surface area contributed by atoms with Gasteiger partial charge in [0.1, 0.15) is 30.5 Å². The number of ether oxygens (including phenoxy) is 4. The molecule has 1 aromatic carbocycles. The summed E-state index contributed by atoms with van der Waals surface area (Å²) in [5, 5.41) is 21.5. The summed E-state index contributed by atoms with van der Waals surface area (Å²) in [5.74, 6) is -1.68. The molecule has 0 saturated carbocycles. The first kappa shape index (κ1) is 17.8. The smallest absolute Gasteiger partial charge is 0.164 e. The first-order valence-electron chi connectivity index (χ1n) is 8.27. The molecule has 0 aromatic heterocycles. The first-order chi connectivity index (χ1) is 11.2. The number of aliphatic hydroxyl groups excluding tert-OH is 2. The van der Waals surface area contributed by atoms with E-state index in [9.17, 15) is 10.2 Å². The van der Waals surface area contributed by atoms with Gasteiger partial charge in [-0.1, -0.05) is 30.3 Å². The molecule has 6 nitrogen and oxygen atoms in total. The van der Waals surface area contributed by atoms with Gasteiger partial charge in [-0.15, -0.1) is 0 Å². The van der Waals surface area contributed by atoms with Gasteiger partial charge >= 0.3 is 0 Å². The molecule has 2 N–H and O–H groups in total. The molecule has 6 heteroatoms. The predicted octanol–water partition coefficient (Wildman–Crippen LogP) is 1.75. The van der Waals surface area contributed by atoms with E-state index in [2.05, 4.69) is 0 Å². The third kappa shape index (κ3) is 3.64. The van der Waals surface area contributed by atoms with Crippen molar-refractivity contribution in [2.45, 2.75) is 69.8 Å². The van der Waals surface area contributed by atoms with Gasteiger partial charge in [-0.05, 0) is 33.3 Å². The molecule has 0 aliphatic carbocycles. The van der Waals surface area contributed by atoms with Gasteiger partial charge in [0, 0.05) is 0 Å². The summed E-state index contributed by atoms with van der Waals surface area (Å²) < 4.78 is 23.1. The number of benzene rings is 1. The van der Waals surface area contributed by atoms with E-state index in [-0.39, 0.29) is 0 Å². The molecule has 134 valence electrons. The Hall–Kier alpha value is -1.02. The van der Waals surface area contributed by atoms with Gasteiger partial charge in [-0.25, -0.2) is 0 Å². The molecule has 0 amide bonds. The molecule has 0 unspecified atom stereocenters. The molecular formula is C18H26O6. The van der Waals surface area contributed by atoms with E-state index in [1.165, 1.54) is 0 Å². The van der Waals surface area contributed by atoms with Crippen LogP contribution in [0.5, 0.6) is 0 Å². The highest BCUT2D eigenvalue weighted by Crippen LogP contribution is 2.38. The molecule has 24 heavy (non-hydrogen) atoms. The predicted molar refractivity (Wildman–Crippen MR) is 86.1 cm³/mol. The number of hydrogen-bond acceptors (Lipinski definition) is 6. The Morgan fingerprint density at radius 1 is 1.00 bits per heavy atom. The van der Waals surface area contributed by atoms with Crippen LogP contribution in [0.25, 0.3) is 0 Å². The highest BCUT2D eigenvalue weighted by atomic mass is 16.8. The van der Waals surface area contributed by atoms with Gasteiger partial charge in [0.2, 0.25) is 0 Å². The summed E-state index contributed by atoms with van der Waals surface area (Å²) in [6.07, 6.45) is -3.92. The van der Waals surface area contributed by atoms with Crippen LogP contribution in [0.2, 0.25) is 0 Å². The quantitative estimate of drug-likeness (QED) is 0.874. The minimum atomic E-state index is -1.05. The molecule has 1 aromatic rings. The van der Waals surface area contributed by atoms with Gasteiger partial charge in [0.05, 0.1) is 6.61 Å². The van der Waals surface area contributed by atoms with E-state index in [0.29, 0.717) is 12.2 Å². The van der Waals surface area contributed by atoms with Gasteiger partial charge in [0.15, 0.2) is 11.6 Å². The summed E-state index contributed by atoms with van der Waals surface area (Å²) in [6.45, 7) is 7.48. The Labute approximate surface area is 142 Å². The average Bonchev–Trinajstić information content (AvgIpc) is 2.89. The van der Waals surface area contributed by atoms with Crippen molar-refractivity contribution >= 4 is 0 Å². The lowest BCUT2D eigenvalue weighted by Gasteiger charge is -2.46. The Bertz CT molecular complexity index is 558. The van der Waals surface area contributed by atoms with E-state index in [4.69, 9.17) is 18.9 Å². The number of aliphatic hydroxyl groups is 2. The fourth-order valence-corrected chi connectivity index (χ4v) is 3.27. The van der Waals surface area contributed by atoms with Crippen LogP contribution in [0.1, 0.15) is 39.4 Å². The van der Waals surface area contributed by atoms with E-state index >= 15 is 0 Å². The van der Waals surface area contributed by atoms with Crippen molar-refractivity contribution in [1.29, 1.82) is 0 Å². The van der Waals surface area contributed by atoms with E-state index in [1.54, 1.807) is 26.0 Å². The zero-order valence-corrected chi connectivity index (χ0v) is 14.5. The van der Waals surface area contributed by atoms with Crippen LogP contribution in [0, 0.1) is 0 Å². The molecule has 0 bridgehead atoms. The lowest BCUT2D eigenvalue weighted by atomic mass is 9.93. The van der Waals surface area contributed by atoms with Crippen molar-refractivity contribution in [3.63, 3.8) is 0 Å². The first-order valence-corrected chi connectivity index (χ1v) is 8.27. The Kier molecular flexibility index (Phi) is 4.72. The largest absolute Gasteiger partial charge is 0.387 e. The van der Waals surface area contributed by atoms with E-state index in [0.717, 1.165) is 0 Å². The molecule has 2 aliphatic rings. The molecule has 0 radical (unpaired) electrons. The van der Waals surface area contributed by atoms with Gasteiger partial charge in [0.25, 0.3) is 0 Å². The lowest BCUT2D eigenvalue weighted by molar-refractivity contribution is -0.358. The summed E-state index contributed by atoms with van der Waals surface area (Å²) in [6, 6.07) is 9.15. The van der Waals surface area contributed by atoms with Crippen LogP contribution in [0.3, 0.4) is 0 Å². The van der Waals surface area contributed by atoms with Crippen molar-refractivity contribution < 1.29 is 29.2 Å². The topological polar surface area (TPSA) is 77.4 Å². The molecule has 0 spiro atoms. The minimum Gasteiger partial charge on any atom is -0.387 e. The van der Waals surface area contributed by atoms with Crippen molar-refractivity contribution in [3.8, 4) is 0 Å². The van der Waals surface area contributed by atoms with Crippen LogP contribution >= 0.6 is 0 Å². The third-order valence-corrected chi connectivity index (χ3v) is 4.36. The Balaban J connectivity index is 1.82. The average molecular weight is 338 g/mol. The maximum absolute atomic E-state index is 10.8. The Morgan fingerprint density at radius 2 is 1.67 bits per heavy atom. The summed E-state index contributed by atoms with van der Waals surface area (Å²) in [7, 11) is 0. The zero-order valence-electron chi connectivity index (χ0n) is 14.5. The molecule has 2 aliphatic heterocycles. The molecule has 2 heterocycles. The van der Waals surface area contributed by atoms with Crippen molar-refractivity contribution in [2.24, 2.45) is 0 Å². The van der Waals surface area contributed by atoms with E-state index in [1.807, 2.05) is 32.0 Å². The fraction of sp³-hybridized carbons (Fsp3) is 0.667. The van der Waals surface area contributed by atoms with E-state index < -0.39 is 42.1 Å². The maximum atomic E-state index is 10.8. The number of rotatable bonds is 3. The Morgan fingerprint density at radius 3 is 2.25 bits per heavy atom. The SMILES string of the molecule is CC1(C)O[C@@H]([C@@H](O)c2ccccc2)[C@@H](O)[C@@H]([C@H]2COC(C)(C)O2)O1. The third-order valence-electron chi connectivity index (χ3n) is 4.36. The molecule has 2 saturated heterocycles. The molecule has 3 rings (SSSR count).